The summed E-state index contributed by atoms with van der Waals surface area (Å²) in [6, 6.07) is 31.1. The smallest absolute Gasteiger partial charge is 0.166 e. The standard InChI is InChI=1S/C24H27S.C7H7F3/c1-3-11-20(4-2)21-16-18-24(19-17-21)25(22-12-7-5-8-13-22)23-14-9-6-10-15-23;1-3-5-6(4-2)7(8,9)10/h5-10,12-20H,3-4,11H2,1-2H3;3-5H,1-2H2/q+1;/b;6-5+. The number of alkyl halides is 3. The Hall–Kier alpha value is -2.98. The monoisotopic (exact) mass is 495 g/mol. The van der Waals surface area contributed by atoms with Crippen molar-refractivity contribution in [2.45, 2.75) is 59.9 Å². The van der Waals surface area contributed by atoms with Gasteiger partial charge in [-0.25, -0.2) is 0 Å². The van der Waals surface area contributed by atoms with Gasteiger partial charge in [-0.1, -0.05) is 100 Å². The van der Waals surface area contributed by atoms with Crippen molar-refractivity contribution < 1.29 is 13.2 Å². The second-order valence-electron chi connectivity index (χ2n) is 7.95. The molecular formula is C31H34F3S+. The Kier molecular flexibility index (Phi) is 11.6. The summed E-state index contributed by atoms with van der Waals surface area (Å²) in [6.45, 7) is 10.7. The maximum atomic E-state index is 11.7. The molecule has 0 amide bonds. The van der Waals surface area contributed by atoms with Gasteiger partial charge in [0.2, 0.25) is 0 Å². The summed E-state index contributed by atoms with van der Waals surface area (Å²) >= 11 is 0. The predicted molar refractivity (Wildman–Crippen MR) is 144 cm³/mol. The van der Waals surface area contributed by atoms with Gasteiger partial charge in [-0.2, -0.15) is 13.2 Å². The SMILES string of the molecule is C=C/C=C(\C=C)C(F)(F)F.CCCC(CC)c1ccc([S+](c2ccccc2)c2ccccc2)cc1. The minimum absolute atomic E-state index is 0.0418. The highest BCUT2D eigenvalue weighted by Gasteiger charge is 2.30. The summed E-state index contributed by atoms with van der Waals surface area (Å²) in [6.07, 6.45) is 2.13. The molecule has 1 atom stereocenters. The van der Waals surface area contributed by atoms with Gasteiger partial charge in [0.1, 0.15) is 0 Å². The van der Waals surface area contributed by atoms with Crippen LogP contribution in [0.3, 0.4) is 0 Å². The van der Waals surface area contributed by atoms with E-state index in [0.29, 0.717) is 5.92 Å². The fourth-order valence-corrected chi connectivity index (χ4v) is 5.84. The summed E-state index contributed by atoms with van der Waals surface area (Å²) in [7, 11) is -0.0418. The summed E-state index contributed by atoms with van der Waals surface area (Å²) < 4.78 is 35.2. The molecule has 0 spiro atoms. The molecule has 0 aliphatic carbocycles. The van der Waals surface area contributed by atoms with E-state index in [1.807, 2.05) is 0 Å². The maximum absolute atomic E-state index is 11.7. The fraction of sp³-hybridized carbons (Fsp3) is 0.226. The van der Waals surface area contributed by atoms with Crippen LogP contribution in [0.25, 0.3) is 0 Å². The van der Waals surface area contributed by atoms with Crippen LogP contribution in [0.15, 0.2) is 137 Å². The number of rotatable bonds is 9. The third kappa shape index (κ3) is 8.63. The van der Waals surface area contributed by atoms with Crippen molar-refractivity contribution in [1.82, 2.24) is 0 Å². The minimum atomic E-state index is -4.31. The number of hydrogen-bond acceptors (Lipinski definition) is 0. The third-order valence-electron chi connectivity index (χ3n) is 5.52. The van der Waals surface area contributed by atoms with E-state index < -0.39 is 11.7 Å². The predicted octanol–water partition coefficient (Wildman–Crippen LogP) is 9.92. The molecule has 0 heterocycles. The first-order valence-corrected chi connectivity index (χ1v) is 13.0. The van der Waals surface area contributed by atoms with Gasteiger partial charge in [-0.05, 0) is 60.7 Å². The molecule has 0 aromatic heterocycles. The fourth-order valence-electron chi connectivity index (χ4n) is 3.76. The summed E-state index contributed by atoms with van der Waals surface area (Å²) in [5.41, 5.74) is 0.709. The first-order chi connectivity index (χ1) is 16.8. The van der Waals surface area contributed by atoms with E-state index in [4.69, 9.17) is 0 Å². The maximum Gasteiger partial charge on any atom is 0.416 e. The molecular weight excluding hydrogens is 461 g/mol. The van der Waals surface area contributed by atoms with Crippen LogP contribution in [0.4, 0.5) is 13.2 Å². The third-order valence-corrected chi connectivity index (χ3v) is 7.75. The summed E-state index contributed by atoms with van der Waals surface area (Å²) in [5.74, 6) is 0.689. The van der Waals surface area contributed by atoms with E-state index in [0.717, 1.165) is 18.2 Å². The highest BCUT2D eigenvalue weighted by molar-refractivity contribution is 7.97. The Morgan fingerprint density at radius 1 is 0.800 bits per heavy atom. The lowest BCUT2D eigenvalue weighted by Crippen LogP contribution is -2.09. The van der Waals surface area contributed by atoms with Crippen molar-refractivity contribution in [3.63, 3.8) is 0 Å². The summed E-state index contributed by atoms with van der Waals surface area (Å²) in [5, 5.41) is 0. The molecule has 0 N–H and O–H groups in total. The van der Waals surface area contributed by atoms with Crippen LogP contribution in [0.2, 0.25) is 0 Å². The van der Waals surface area contributed by atoms with Crippen molar-refractivity contribution in [3.05, 3.63) is 127 Å². The van der Waals surface area contributed by atoms with Crippen molar-refractivity contribution in [1.29, 1.82) is 0 Å². The average Bonchev–Trinajstić information content (AvgIpc) is 2.87. The van der Waals surface area contributed by atoms with Gasteiger partial charge >= 0.3 is 6.18 Å². The first-order valence-electron chi connectivity index (χ1n) is 11.8. The van der Waals surface area contributed by atoms with Gasteiger partial charge in [-0.3, -0.25) is 0 Å². The average molecular weight is 496 g/mol. The van der Waals surface area contributed by atoms with Crippen LogP contribution in [0, 0.1) is 0 Å². The first kappa shape index (κ1) is 28.3. The molecule has 35 heavy (non-hydrogen) atoms. The zero-order chi connectivity index (χ0) is 25.7. The topological polar surface area (TPSA) is 0 Å². The second kappa shape index (κ2) is 14.4. The molecule has 0 saturated heterocycles. The Labute approximate surface area is 211 Å². The Bertz CT molecular complexity index is 1010. The van der Waals surface area contributed by atoms with E-state index in [9.17, 15) is 13.2 Å². The zero-order valence-electron chi connectivity index (χ0n) is 20.5. The Balaban J connectivity index is 0.000000367. The molecule has 3 rings (SSSR count). The lowest BCUT2D eigenvalue weighted by molar-refractivity contribution is -0.0881. The van der Waals surface area contributed by atoms with Crippen molar-refractivity contribution in [3.8, 4) is 0 Å². The molecule has 1 unspecified atom stereocenters. The number of hydrogen-bond donors (Lipinski definition) is 0. The number of allylic oxidation sites excluding steroid dienone is 4. The molecule has 0 fully saturated rings. The highest BCUT2D eigenvalue weighted by atomic mass is 32.2. The molecule has 3 aromatic carbocycles. The summed E-state index contributed by atoms with van der Waals surface area (Å²) in [4.78, 5) is 4.15. The molecule has 3 aromatic rings. The molecule has 0 aliphatic heterocycles. The molecule has 0 radical (unpaired) electrons. The van der Waals surface area contributed by atoms with Crippen molar-refractivity contribution >= 4 is 10.9 Å². The van der Waals surface area contributed by atoms with E-state index in [2.05, 4.69) is 112 Å². The van der Waals surface area contributed by atoms with Gasteiger partial charge in [-0.15, -0.1) is 0 Å². The van der Waals surface area contributed by atoms with Crippen LogP contribution in [-0.4, -0.2) is 6.18 Å². The zero-order valence-corrected chi connectivity index (χ0v) is 21.3. The van der Waals surface area contributed by atoms with Crippen molar-refractivity contribution in [2.24, 2.45) is 0 Å². The second-order valence-corrected chi connectivity index (χ2v) is 9.98. The Morgan fingerprint density at radius 3 is 1.63 bits per heavy atom. The van der Waals surface area contributed by atoms with E-state index in [1.54, 1.807) is 0 Å². The quantitative estimate of drug-likeness (QED) is 0.205. The molecule has 0 saturated carbocycles. The minimum Gasteiger partial charge on any atom is -0.166 e. The van der Waals surface area contributed by atoms with Crippen molar-refractivity contribution in [2.75, 3.05) is 0 Å². The molecule has 0 aliphatic rings. The number of benzene rings is 3. The van der Waals surface area contributed by atoms with Crippen LogP contribution in [0.1, 0.15) is 44.6 Å². The molecule has 0 bridgehead atoms. The van der Waals surface area contributed by atoms with Crippen LogP contribution >= 0.6 is 0 Å². The highest BCUT2D eigenvalue weighted by Crippen LogP contribution is 2.33. The Morgan fingerprint density at radius 2 is 1.29 bits per heavy atom. The van der Waals surface area contributed by atoms with Gasteiger partial charge in [0, 0.05) is 0 Å². The van der Waals surface area contributed by atoms with Crippen LogP contribution in [-0.2, 0) is 10.9 Å². The van der Waals surface area contributed by atoms with E-state index in [1.165, 1.54) is 39.5 Å². The van der Waals surface area contributed by atoms with E-state index in [-0.39, 0.29) is 10.9 Å². The molecule has 0 nitrogen and oxygen atoms in total. The van der Waals surface area contributed by atoms with Gasteiger partial charge < -0.3 is 0 Å². The molecule has 184 valence electrons. The lowest BCUT2D eigenvalue weighted by Gasteiger charge is -2.15. The van der Waals surface area contributed by atoms with Crippen LogP contribution < -0.4 is 0 Å². The molecule has 4 heteroatoms. The largest absolute Gasteiger partial charge is 0.416 e. The van der Waals surface area contributed by atoms with E-state index >= 15 is 0 Å². The van der Waals surface area contributed by atoms with Gasteiger partial charge in [0.25, 0.3) is 0 Å². The lowest BCUT2D eigenvalue weighted by atomic mass is 9.92. The normalized spacial score (nSPS) is 12.5. The van der Waals surface area contributed by atoms with Gasteiger partial charge in [0.15, 0.2) is 14.7 Å². The number of halogens is 3. The van der Waals surface area contributed by atoms with Crippen LogP contribution in [0.5, 0.6) is 0 Å². The van der Waals surface area contributed by atoms with Gasteiger partial charge in [0.05, 0.1) is 16.5 Å².